The first-order valence-corrected chi connectivity index (χ1v) is 7.05. The molecule has 0 aromatic carbocycles. The maximum absolute atomic E-state index is 11.3. The third-order valence-corrected chi connectivity index (χ3v) is 4.33. The minimum Gasteiger partial charge on any atom is -0.369 e. The van der Waals surface area contributed by atoms with Gasteiger partial charge in [0.25, 0.3) is 0 Å². The predicted molar refractivity (Wildman–Crippen MR) is 75.3 cm³/mol. The Balaban J connectivity index is 2.43. The summed E-state index contributed by atoms with van der Waals surface area (Å²) in [5, 5.41) is 12.2. The second-order valence-corrected chi connectivity index (χ2v) is 5.82. The van der Waals surface area contributed by atoms with Crippen LogP contribution in [0.4, 0.5) is 0 Å². The molecule has 0 saturated carbocycles. The Morgan fingerprint density at radius 1 is 1.58 bits per heavy atom. The lowest BCUT2D eigenvalue weighted by Crippen LogP contribution is -2.46. The first-order chi connectivity index (χ1) is 8.91. The third-order valence-electron chi connectivity index (χ3n) is 4.33. The largest absolute Gasteiger partial charge is 0.369 e. The Labute approximate surface area is 116 Å². The van der Waals surface area contributed by atoms with Crippen molar-refractivity contribution in [3.63, 3.8) is 0 Å². The fraction of sp³-hybridized carbons (Fsp3) is 0.857. The molecule has 5 nitrogen and oxygen atoms in total. The van der Waals surface area contributed by atoms with Crippen LogP contribution in [0.3, 0.4) is 0 Å². The van der Waals surface area contributed by atoms with Crippen LogP contribution < -0.4 is 11.1 Å². The average molecular weight is 266 g/mol. The van der Waals surface area contributed by atoms with Crippen molar-refractivity contribution in [3.8, 4) is 6.07 Å². The van der Waals surface area contributed by atoms with Gasteiger partial charge in [0.1, 0.15) is 5.54 Å². The lowest BCUT2D eigenvalue weighted by atomic mass is 9.92. The molecule has 1 amide bonds. The lowest BCUT2D eigenvalue weighted by molar-refractivity contribution is -0.123. The zero-order valence-corrected chi connectivity index (χ0v) is 12.3. The van der Waals surface area contributed by atoms with E-state index in [9.17, 15) is 4.79 Å². The van der Waals surface area contributed by atoms with Crippen LogP contribution in [0.5, 0.6) is 0 Å². The Hall–Kier alpha value is -1.12. The number of primary amides is 1. The van der Waals surface area contributed by atoms with Crippen molar-refractivity contribution in [3.05, 3.63) is 0 Å². The van der Waals surface area contributed by atoms with E-state index in [1.165, 1.54) is 0 Å². The highest BCUT2D eigenvalue weighted by molar-refractivity contribution is 5.76. The number of piperidine rings is 1. The highest BCUT2D eigenvalue weighted by Crippen LogP contribution is 2.22. The lowest BCUT2D eigenvalue weighted by Gasteiger charge is -2.37. The smallest absolute Gasteiger partial charge is 0.221 e. The third kappa shape index (κ3) is 4.48. The number of nitrogens with zero attached hydrogens (tertiary/aromatic N) is 2. The van der Waals surface area contributed by atoms with Gasteiger partial charge in [-0.2, -0.15) is 5.26 Å². The SMILES string of the molecule is CNC(C)(C#N)CCCN1CC(C(N)=O)CCC1C. The van der Waals surface area contributed by atoms with E-state index in [-0.39, 0.29) is 11.8 Å². The van der Waals surface area contributed by atoms with Crippen LogP contribution in [0, 0.1) is 17.2 Å². The summed E-state index contributed by atoms with van der Waals surface area (Å²) in [6.07, 6.45) is 3.68. The van der Waals surface area contributed by atoms with E-state index in [1.54, 1.807) is 0 Å². The van der Waals surface area contributed by atoms with Gasteiger partial charge in [0.15, 0.2) is 0 Å². The maximum atomic E-state index is 11.3. The van der Waals surface area contributed by atoms with Crippen molar-refractivity contribution in [2.75, 3.05) is 20.1 Å². The van der Waals surface area contributed by atoms with Gasteiger partial charge in [0, 0.05) is 12.6 Å². The summed E-state index contributed by atoms with van der Waals surface area (Å²) in [5.41, 5.74) is 4.94. The number of amides is 1. The summed E-state index contributed by atoms with van der Waals surface area (Å²) in [5.74, 6) is -0.197. The summed E-state index contributed by atoms with van der Waals surface area (Å²) in [6, 6.07) is 2.80. The molecule has 1 aliphatic rings. The fourth-order valence-corrected chi connectivity index (χ4v) is 2.60. The Kier molecular flexibility index (Phi) is 5.77. The number of carbonyl (C=O) groups is 1. The minimum atomic E-state index is -0.456. The van der Waals surface area contributed by atoms with Crippen molar-refractivity contribution in [2.45, 2.75) is 51.1 Å². The molecule has 1 heterocycles. The summed E-state index contributed by atoms with van der Waals surface area (Å²) < 4.78 is 0. The Bertz CT molecular complexity index is 352. The summed E-state index contributed by atoms with van der Waals surface area (Å²) in [4.78, 5) is 13.6. The number of nitrogens with one attached hydrogen (secondary N) is 1. The Morgan fingerprint density at radius 3 is 2.79 bits per heavy atom. The number of likely N-dealkylation sites (tertiary alicyclic amines) is 1. The molecule has 19 heavy (non-hydrogen) atoms. The molecular formula is C14H26N4O. The van der Waals surface area contributed by atoms with Crippen LogP contribution in [-0.4, -0.2) is 42.5 Å². The van der Waals surface area contributed by atoms with Gasteiger partial charge in [-0.15, -0.1) is 0 Å². The number of nitriles is 1. The number of carbonyl (C=O) groups excluding carboxylic acids is 1. The van der Waals surface area contributed by atoms with Crippen LogP contribution >= 0.6 is 0 Å². The van der Waals surface area contributed by atoms with Crippen LogP contribution in [0.25, 0.3) is 0 Å². The molecule has 0 aromatic rings. The molecule has 0 spiro atoms. The summed E-state index contributed by atoms with van der Waals surface area (Å²) in [7, 11) is 1.82. The van der Waals surface area contributed by atoms with Crippen LogP contribution in [-0.2, 0) is 4.79 Å². The zero-order valence-electron chi connectivity index (χ0n) is 12.3. The standard InChI is InChI=1S/C14H26N4O/c1-11-5-6-12(13(16)19)9-18(11)8-4-7-14(2,10-15)17-3/h11-12,17H,4-9H2,1-3H3,(H2,16,19). The molecule has 1 saturated heterocycles. The molecule has 0 bridgehead atoms. The molecule has 1 aliphatic heterocycles. The molecule has 0 aromatic heterocycles. The topological polar surface area (TPSA) is 82.2 Å². The van der Waals surface area contributed by atoms with Gasteiger partial charge in [-0.25, -0.2) is 0 Å². The number of nitrogens with two attached hydrogens (primary N) is 1. The molecule has 3 unspecified atom stereocenters. The molecule has 108 valence electrons. The number of hydrogen-bond donors (Lipinski definition) is 2. The van der Waals surface area contributed by atoms with E-state index in [2.05, 4.69) is 23.2 Å². The number of hydrogen-bond acceptors (Lipinski definition) is 4. The van der Waals surface area contributed by atoms with Gasteiger partial charge in [0.2, 0.25) is 5.91 Å². The van der Waals surface area contributed by atoms with E-state index in [0.717, 1.165) is 38.8 Å². The van der Waals surface area contributed by atoms with Crippen LogP contribution in [0.2, 0.25) is 0 Å². The van der Waals surface area contributed by atoms with E-state index < -0.39 is 5.54 Å². The van der Waals surface area contributed by atoms with Crippen LogP contribution in [0.1, 0.15) is 39.5 Å². The fourth-order valence-electron chi connectivity index (χ4n) is 2.60. The Morgan fingerprint density at radius 2 is 2.26 bits per heavy atom. The molecule has 3 N–H and O–H groups in total. The minimum absolute atomic E-state index is 0.0112. The van der Waals surface area contributed by atoms with Crippen molar-refractivity contribution >= 4 is 5.91 Å². The van der Waals surface area contributed by atoms with Crippen LogP contribution in [0.15, 0.2) is 0 Å². The maximum Gasteiger partial charge on any atom is 0.221 e. The van der Waals surface area contributed by atoms with Gasteiger partial charge >= 0.3 is 0 Å². The number of rotatable bonds is 6. The van der Waals surface area contributed by atoms with Gasteiger partial charge in [-0.1, -0.05) is 0 Å². The molecule has 0 radical (unpaired) electrons. The second-order valence-electron chi connectivity index (χ2n) is 5.82. The van der Waals surface area contributed by atoms with E-state index in [4.69, 9.17) is 11.0 Å². The van der Waals surface area contributed by atoms with Crippen molar-refractivity contribution in [1.82, 2.24) is 10.2 Å². The highest BCUT2D eigenvalue weighted by atomic mass is 16.1. The molecular weight excluding hydrogens is 240 g/mol. The van der Waals surface area contributed by atoms with Crippen molar-refractivity contribution in [1.29, 1.82) is 5.26 Å². The first-order valence-electron chi connectivity index (χ1n) is 7.05. The van der Waals surface area contributed by atoms with E-state index in [0.29, 0.717) is 6.04 Å². The predicted octanol–water partition coefficient (Wildman–Crippen LogP) is 0.854. The molecule has 3 atom stereocenters. The normalized spacial score (nSPS) is 27.5. The second kappa shape index (κ2) is 6.88. The summed E-state index contributed by atoms with van der Waals surface area (Å²) >= 11 is 0. The van der Waals surface area contributed by atoms with Gasteiger partial charge in [-0.3, -0.25) is 9.69 Å². The monoisotopic (exact) mass is 266 g/mol. The van der Waals surface area contributed by atoms with Crippen molar-refractivity contribution in [2.24, 2.45) is 11.7 Å². The quantitative estimate of drug-likeness (QED) is 0.747. The molecule has 5 heteroatoms. The van der Waals surface area contributed by atoms with Gasteiger partial charge in [-0.05, 0) is 53.1 Å². The first kappa shape index (κ1) is 15.9. The summed E-state index contributed by atoms with van der Waals surface area (Å²) in [6.45, 7) is 5.79. The van der Waals surface area contributed by atoms with Gasteiger partial charge < -0.3 is 11.1 Å². The molecule has 1 rings (SSSR count). The van der Waals surface area contributed by atoms with Gasteiger partial charge in [0.05, 0.1) is 12.0 Å². The highest BCUT2D eigenvalue weighted by Gasteiger charge is 2.29. The molecule has 1 fully saturated rings. The van der Waals surface area contributed by atoms with E-state index >= 15 is 0 Å². The zero-order chi connectivity index (χ0) is 14.5. The molecule has 0 aliphatic carbocycles. The average Bonchev–Trinajstić information content (AvgIpc) is 2.40. The van der Waals surface area contributed by atoms with E-state index in [1.807, 2.05) is 14.0 Å². The van der Waals surface area contributed by atoms with Crippen molar-refractivity contribution < 1.29 is 4.79 Å².